The molecular weight excluding hydrogens is 374 g/mol. The summed E-state index contributed by atoms with van der Waals surface area (Å²) >= 11 is 1.52. The van der Waals surface area contributed by atoms with E-state index in [1.165, 1.54) is 18.7 Å². The number of thioether (sulfide) groups is 1. The Morgan fingerprint density at radius 2 is 2.07 bits per heavy atom. The number of hydrogen-bond acceptors (Lipinski definition) is 6. The van der Waals surface area contributed by atoms with Crippen LogP contribution in [-0.4, -0.2) is 33.0 Å². The lowest BCUT2D eigenvalue weighted by atomic mass is 10.2. The van der Waals surface area contributed by atoms with Crippen LogP contribution in [0.25, 0.3) is 5.69 Å². The Balaban J connectivity index is 1.66. The number of nitrogens with one attached hydrogen (secondary N) is 1. The minimum absolute atomic E-state index is 0.121. The van der Waals surface area contributed by atoms with E-state index in [0.717, 1.165) is 22.4 Å². The number of nitrogens with zero attached hydrogens (tertiary/aromatic N) is 4. The highest BCUT2D eigenvalue weighted by Crippen LogP contribution is 2.24. The van der Waals surface area contributed by atoms with Crippen LogP contribution in [0.2, 0.25) is 0 Å². The molecule has 1 heterocycles. The molecule has 2 aromatic carbocycles. The van der Waals surface area contributed by atoms with Gasteiger partial charge in [-0.2, -0.15) is 5.26 Å². The Labute approximate surface area is 167 Å². The largest absolute Gasteiger partial charge is 0.493 e. The first kappa shape index (κ1) is 19.5. The van der Waals surface area contributed by atoms with E-state index in [0.29, 0.717) is 23.7 Å². The van der Waals surface area contributed by atoms with Crippen molar-refractivity contribution in [2.75, 3.05) is 17.7 Å². The molecule has 3 aromatic rings. The summed E-state index contributed by atoms with van der Waals surface area (Å²) in [6.07, 6.45) is 0. The van der Waals surface area contributed by atoms with Crippen LogP contribution in [0.4, 0.5) is 5.69 Å². The average molecular weight is 393 g/mol. The van der Waals surface area contributed by atoms with E-state index in [9.17, 15) is 4.79 Å². The molecule has 1 N–H and O–H groups in total. The van der Waals surface area contributed by atoms with Gasteiger partial charge in [0.25, 0.3) is 0 Å². The van der Waals surface area contributed by atoms with Gasteiger partial charge in [-0.3, -0.25) is 9.36 Å². The van der Waals surface area contributed by atoms with Crippen LogP contribution < -0.4 is 10.1 Å². The number of hydrogen-bond donors (Lipinski definition) is 1. The highest BCUT2D eigenvalue weighted by Gasteiger charge is 2.12. The van der Waals surface area contributed by atoms with E-state index >= 15 is 0 Å². The molecule has 7 nitrogen and oxygen atoms in total. The first-order valence-electron chi connectivity index (χ1n) is 8.62. The molecule has 0 aliphatic carbocycles. The summed E-state index contributed by atoms with van der Waals surface area (Å²) in [5, 5.41) is 20.9. The molecule has 0 fully saturated rings. The van der Waals surface area contributed by atoms with Gasteiger partial charge in [0.2, 0.25) is 5.91 Å². The minimum Gasteiger partial charge on any atom is -0.493 e. The Hall–Kier alpha value is -3.31. The molecule has 0 bridgehead atoms. The molecule has 0 radical (unpaired) electrons. The summed E-state index contributed by atoms with van der Waals surface area (Å²) in [6.45, 7) is 3.83. The molecule has 1 amide bonds. The molecule has 0 saturated heterocycles. The maximum atomic E-state index is 11.3. The molecule has 142 valence electrons. The highest BCUT2D eigenvalue weighted by molar-refractivity contribution is 7.99. The standard InChI is InChI=1S/C20H19N5O2S/c1-14-23-24-20(25(14)18-7-4-6-17(12-18)22-15(2)26)28-10-9-27-19-8-3-5-16(11-19)13-21/h3-8,11-12H,9-10H2,1-2H3,(H,22,26). The lowest BCUT2D eigenvalue weighted by molar-refractivity contribution is -0.114. The third-order valence-corrected chi connectivity index (χ3v) is 4.66. The molecule has 1 aromatic heterocycles. The Morgan fingerprint density at radius 1 is 1.25 bits per heavy atom. The molecule has 0 spiro atoms. The van der Waals surface area contributed by atoms with Crippen molar-refractivity contribution in [3.8, 4) is 17.5 Å². The lowest BCUT2D eigenvalue weighted by Gasteiger charge is -2.11. The zero-order valence-corrected chi connectivity index (χ0v) is 16.4. The zero-order valence-electron chi connectivity index (χ0n) is 15.5. The van der Waals surface area contributed by atoms with E-state index in [4.69, 9.17) is 10.00 Å². The van der Waals surface area contributed by atoms with Gasteiger partial charge in [-0.25, -0.2) is 0 Å². The number of rotatable bonds is 7. The second-order valence-electron chi connectivity index (χ2n) is 5.93. The maximum Gasteiger partial charge on any atom is 0.221 e. The van der Waals surface area contributed by atoms with Gasteiger partial charge in [-0.05, 0) is 43.3 Å². The Morgan fingerprint density at radius 3 is 2.86 bits per heavy atom. The number of ether oxygens (including phenoxy) is 1. The summed E-state index contributed by atoms with van der Waals surface area (Å²) < 4.78 is 7.65. The van der Waals surface area contributed by atoms with Gasteiger partial charge >= 0.3 is 0 Å². The molecule has 8 heteroatoms. The molecule has 28 heavy (non-hydrogen) atoms. The predicted octanol–water partition coefficient (Wildman–Crippen LogP) is 3.58. The molecule has 0 aliphatic heterocycles. The van der Waals surface area contributed by atoms with E-state index in [2.05, 4.69) is 21.6 Å². The first-order chi connectivity index (χ1) is 13.6. The molecule has 0 atom stereocenters. The zero-order chi connectivity index (χ0) is 19.9. The Kier molecular flexibility index (Phi) is 6.29. The van der Waals surface area contributed by atoms with Crippen LogP contribution in [0.3, 0.4) is 0 Å². The van der Waals surface area contributed by atoms with Gasteiger partial charge in [0.15, 0.2) is 5.16 Å². The summed E-state index contributed by atoms with van der Waals surface area (Å²) in [4.78, 5) is 11.3. The number of aromatic nitrogens is 3. The van der Waals surface area contributed by atoms with Crippen LogP contribution in [0.15, 0.2) is 53.7 Å². The van der Waals surface area contributed by atoms with Crippen molar-refractivity contribution in [3.63, 3.8) is 0 Å². The first-order valence-corrected chi connectivity index (χ1v) is 9.61. The monoisotopic (exact) mass is 393 g/mol. The second kappa shape index (κ2) is 9.06. The molecule has 0 unspecified atom stereocenters. The normalized spacial score (nSPS) is 10.3. The number of benzene rings is 2. The quantitative estimate of drug-likeness (QED) is 0.487. The van der Waals surface area contributed by atoms with Gasteiger partial charge in [-0.15, -0.1) is 10.2 Å². The van der Waals surface area contributed by atoms with Gasteiger partial charge in [-0.1, -0.05) is 23.9 Å². The summed E-state index contributed by atoms with van der Waals surface area (Å²) in [5.74, 6) is 1.97. The number of nitriles is 1. The maximum absolute atomic E-state index is 11.3. The van der Waals surface area contributed by atoms with Crippen molar-refractivity contribution in [1.82, 2.24) is 14.8 Å². The van der Waals surface area contributed by atoms with Crippen molar-refractivity contribution in [1.29, 1.82) is 5.26 Å². The number of carbonyl (C=O) groups excluding carboxylic acids is 1. The van der Waals surface area contributed by atoms with Crippen molar-refractivity contribution < 1.29 is 9.53 Å². The van der Waals surface area contributed by atoms with Crippen molar-refractivity contribution in [2.24, 2.45) is 0 Å². The van der Waals surface area contributed by atoms with Crippen LogP contribution in [-0.2, 0) is 4.79 Å². The summed E-state index contributed by atoms with van der Waals surface area (Å²) in [5.41, 5.74) is 2.16. The minimum atomic E-state index is -0.121. The molecule has 0 aliphatic rings. The van der Waals surface area contributed by atoms with E-state index in [1.54, 1.807) is 18.2 Å². The fourth-order valence-electron chi connectivity index (χ4n) is 2.61. The number of carbonyl (C=O) groups is 1. The van der Waals surface area contributed by atoms with Crippen LogP contribution in [0.1, 0.15) is 18.3 Å². The third kappa shape index (κ3) is 4.90. The van der Waals surface area contributed by atoms with Crippen molar-refractivity contribution in [3.05, 3.63) is 59.9 Å². The summed E-state index contributed by atoms with van der Waals surface area (Å²) in [7, 11) is 0. The van der Waals surface area contributed by atoms with Crippen LogP contribution in [0, 0.1) is 18.3 Å². The van der Waals surface area contributed by atoms with Gasteiger partial charge < -0.3 is 10.1 Å². The summed E-state index contributed by atoms with van der Waals surface area (Å²) in [6, 6.07) is 16.7. The van der Waals surface area contributed by atoms with E-state index < -0.39 is 0 Å². The van der Waals surface area contributed by atoms with E-state index in [-0.39, 0.29) is 5.91 Å². The van der Waals surface area contributed by atoms with Crippen molar-refractivity contribution in [2.45, 2.75) is 19.0 Å². The number of amides is 1. The van der Waals surface area contributed by atoms with Gasteiger partial charge in [0.05, 0.1) is 23.9 Å². The topological polar surface area (TPSA) is 92.8 Å². The van der Waals surface area contributed by atoms with Crippen LogP contribution >= 0.6 is 11.8 Å². The van der Waals surface area contributed by atoms with Gasteiger partial charge in [0, 0.05) is 18.4 Å². The fourth-order valence-corrected chi connectivity index (χ4v) is 3.42. The predicted molar refractivity (Wildman–Crippen MR) is 108 cm³/mol. The molecule has 0 saturated carbocycles. The van der Waals surface area contributed by atoms with Crippen LogP contribution in [0.5, 0.6) is 5.75 Å². The third-order valence-electron chi connectivity index (χ3n) is 3.77. The Bertz CT molecular complexity index is 1030. The van der Waals surface area contributed by atoms with E-state index in [1.807, 2.05) is 41.8 Å². The highest BCUT2D eigenvalue weighted by atomic mass is 32.2. The average Bonchev–Trinajstić information content (AvgIpc) is 3.05. The van der Waals surface area contributed by atoms with Crippen molar-refractivity contribution >= 4 is 23.4 Å². The fraction of sp³-hybridized carbons (Fsp3) is 0.200. The smallest absolute Gasteiger partial charge is 0.221 e. The second-order valence-corrected chi connectivity index (χ2v) is 7.00. The lowest BCUT2D eigenvalue weighted by Crippen LogP contribution is -2.07. The SMILES string of the molecule is CC(=O)Nc1cccc(-n2c(C)nnc2SCCOc2cccc(C#N)c2)c1. The number of aryl methyl sites for hydroxylation is 1. The molecule has 3 rings (SSSR count). The number of anilines is 1. The molecular formula is C20H19N5O2S. The van der Waals surface area contributed by atoms with Gasteiger partial charge in [0.1, 0.15) is 11.6 Å².